The first kappa shape index (κ1) is 11.1. The van der Waals surface area contributed by atoms with Crippen LogP contribution < -0.4 is 0 Å². The van der Waals surface area contributed by atoms with Crippen LogP contribution in [0.2, 0.25) is 0 Å². The molecule has 0 radical (unpaired) electrons. The van der Waals surface area contributed by atoms with Gasteiger partial charge in [-0.1, -0.05) is 18.7 Å². The summed E-state index contributed by atoms with van der Waals surface area (Å²) in [5.41, 5.74) is 0.921. The zero-order valence-electron chi connectivity index (χ0n) is 7.27. The molecule has 0 unspecified atom stereocenters. The average Bonchev–Trinajstić information content (AvgIpc) is 2.01. The zero-order chi connectivity index (χ0) is 10.8. The summed E-state index contributed by atoms with van der Waals surface area (Å²) in [5.74, 6) is -0.256. The molecule has 0 atom stereocenters. The molecular weight excluding hydrogens is 224 g/mol. The van der Waals surface area contributed by atoms with Gasteiger partial charge in [-0.15, -0.1) is 0 Å². The van der Waals surface area contributed by atoms with Crippen LogP contribution in [0.3, 0.4) is 0 Å². The molecule has 14 heavy (non-hydrogen) atoms. The first-order chi connectivity index (χ1) is 6.38. The molecule has 0 aliphatic rings. The van der Waals surface area contributed by atoms with Crippen molar-refractivity contribution in [2.45, 2.75) is 0 Å². The van der Waals surface area contributed by atoms with Crippen molar-refractivity contribution in [3.8, 4) is 5.75 Å². The number of phenolic OH excluding ortho intramolecular Hbond substituents is 1. The van der Waals surface area contributed by atoms with E-state index in [1.165, 1.54) is 12.1 Å². The largest absolute Gasteiger partial charge is 0.508 e. The predicted octanol–water partition coefficient (Wildman–Crippen LogP) is 1.97. The maximum absolute atomic E-state index is 10.7. The molecule has 0 spiro atoms. The molecule has 0 aromatic heterocycles. The van der Waals surface area contributed by atoms with Crippen molar-refractivity contribution in [2.75, 3.05) is 5.75 Å². The molecule has 76 valence electrons. The van der Waals surface area contributed by atoms with Gasteiger partial charge < -0.3 is 5.11 Å². The van der Waals surface area contributed by atoms with Crippen LogP contribution in [0.4, 0.5) is 0 Å². The number of benzene rings is 1. The van der Waals surface area contributed by atoms with Gasteiger partial charge in [0.1, 0.15) is 5.75 Å². The fraction of sp³-hybridized carbons (Fsp3) is 0.111. The fourth-order valence-electron chi connectivity index (χ4n) is 1.02. The van der Waals surface area contributed by atoms with Crippen molar-refractivity contribution < 1.29 is 13.5 Å². The van der Waals surface area contributed by atoms with Crippen molar-refractivity contribution in [1.82, 2.24) is 0 Å². The summed E-state index contributed by atoms with van der Waals surface area (Å²) in [6.45, 7) is 3.58. The number of hydrogen-bond donors (Lipinski definition) is 1. The second-order valence-corrected chi connectivity index (χ2v) is 5.61. The fourth-order valence-corrected chi connectivity index (χ4v) is 2.00. The number of aromatic hydroxyl groups is 1. The first-order valence-electron chi connectivity index (χ1n) is 3.78. The summed E-state index contributed by atoms with van der Waals surface area (Å²) >= 11 is 0. The van der Waals surface area contributed by atoms with Gasteiger partial charge in [0, 0.05) is 10.7 Å². The topological polar surface area (TPSA) is 54.4 Å². The molecule has 1 aromatic rings. The highest BCUT2D eigenvalue weighted by Gasteiger charge is 2.09. The summed E-state index contributed by atoms with van der Waals surface area (Å²) in [7, 11) is 1.47. The highest BCUT2D eigenvalue weighted by atomic mass is 35.7. The van der Waals surface area contributed by atoms with Gasteiger partial charge in [0.05, 0.1) is 5.75 Å². The maximum Gasteiger partial charge on any atom is 0.236 e. The van der Waals surface area contributed by atoms with Crippen LogP contribution in [0.1, 0.15) is 5.56 Å². The Labute approximate surface area is 87.1 Å². The van der Waals surface area contributed by atoms with Crippen molar-refractivity contribution in [3.63, 3.8) is 0 Å². The molecule has 0 amide bonds. The van der Waals surface area contributed by atoms with Crippen LogP contribution in [0.5, 0.6) is 5.75 Å². The van der Waals surface area contributed by atoms with E-state index in [-0.39, 0.29) is 11.5 Å². The van der Waals surface area contributed by atoms with Gasteiger partial charge in [-0.2, -0.15) is 0 Å². The van der Waals surface area contributed by atoms with Gasteiger partial charge in [0.2, 0.25) is 9.05 Å². The van der Waals surface area contributed by atoms with Gasteiger partial charge in [0.25, 0.3) is 0 Å². The molecule has 0 fully saturated rings. The minimum absolute atomic E-state index is 0.0654. The maximum atomic E-state index is 10.7. The van der Waals surface area contributed by atoms with Gasteiger partial charge >= 0.3 is 0 Å². The van der Waals surface area contributed by atoms with Crippen LogP contribution in [0.25, 0.3) is 5.57 Å². The van der Waals surface area contributed by atoms with Crippen molar-refractivity contribution >= 4 is 25.3 Å². The Balaban J connectivity index is 2.91. The van der Waals surface area contributed by atoms with Gasteiger partial charge in [-0.25, -0.2) is 8.42 Å². The molecule has 3 nitrogen and oxygen atoms in total. The van der Waals surface area contributed by atoms with Crippen molar-refractivity contribution in [3.05, 3.63) is 36.4 Å². The van der Waals surface area contributed by atoms with Gasteiger partial charge in [0.15, 0.2) is 0 Å². The number of phenols is 1. The highest BCUT2D eigenvalue weighted by molar-refractivity contribution is 8.14. The molecule has 0 heterocycles. The standard InChI is InChI=1S/C9H9ClO3S/c1-7(6-14(10,12)13)8-3-2-4-9(11)5-8/h2-5,11H,1,6H2. The quantitative estimate of drug-likeness (QED) is 0.811. The van der Waals surface area contributed by atoms with Crippen LogP contribution in [0, 0.1) is 0 Å². The molecular formula is C9H9ClO3S. The normalized spacial score (nSPS) is 11.2. The van der Waals surface area contributed by atoms with Crippen LogP contribution in [-0.2, 0) is 9.05 Å². The molecule has 0 aliphatic carbocycles. The lowest BCUT2D eigenvalue weighted by molar-refractivity contribution is 0.475. The third kappa shape index (κ3) is 3.40. The molecule has 1 aromatic carbocycles. The zero-order valence-corrected chi connectivity index (χ0v) is 8.85. The lowest BCUT2D eigenvalue weighted by atomic mass is 10.1. The average molecular weight is 233 g/mol. The number of rotatable bonds is 3. The van der Waals surface area contributed by atoms with Crippen LogP contribution in [-0.4, -0.2) is 19.3 Å². The van der Waals surface area contributed by atoms with E-state index in [1.807, 2.05) is 0 Å². The Bertz CT molecular complexity index is 451. The lowest BCUT2D eigenvalue weighted by Gasteiger charge is -2.03. The Morgan fingerprint density at radius 3 is 2.64 bits per heavy atom. The Morgan fingerprint density at radius 1 is 1.50 bits per heavy atom. The van der Waals surface area contributed by atoms with E-state index in [1.54, 1.807) is 12.1 Å². The Kier molecular flexibility index (Phi) is 3.18. The van der Waals surface area contributed by atoms with E-state index in [0.717, 1.165) is 0 Å². The Morgan fingerprint density at radius 2 is 2.14 bits per heavy atom. The van der Waals surface area contributed by atoms with Crippen molar-refractivity contribution in [1.29, 1.82) is 0 Å². The molecule has 1 rings (SSSR count). The van der Waals surface area contributed by atoms with E-state index in [0.29, 0.717) is 11.1 Å². The minimum Gasteiger partial charge on any atom is -0.508 e. The van der Waals surface area contributed by atoms with Crippen molar-refractivity contribution in [2.24, 2.45) is 0 Å². The second-order valence-electron chi connectivity index (χ2n) is 2.84. The van der Waals surface area contributed by atoms with E-state index in [9.17, 15) is 8.42 Å². The predicted molar refractivity (Wildman–Crippen MR) is 56.8 cm³/mol. The summed E-state index contributed by atoms with van der Waals surface area (Å²) in [5, 5.41) is 9.14. The molecule has 0 saturated heterocycles. The molecule has 0 bridgehead atoms. The highest BCUT2D eigenvalue weighted by Crippen LogP contribution is 2.20. The van der Waals surface area contributed by atoms with E-state index >= 15 is 0 Å². The minimum atomic E-state index is -3.59. The summed E-state index contributed by atoms with van der Waals surface area (Å²) in [4.78, 5) is 0. The summed E-state index contributed by atoms with van der Waals surface area (Å²) in [6.07, 6.45) is 0. The monoisotopic (exact) mass is 232 g/mol. The van der Waals surface area contributed by atoms with Gasteiger partial charge in [-0.05, 0) is 23.3 Å². The van der Waals surface area contributed by atoms with Gasteiger partial charge in [-0.3, -0.25) is 0 Å². The Hall–Kier alpha value is -1.00. The smallest absolute Gasteiger partial charge is 0.236 e. The van der Waals surface area contributed by atoms with E-state index in [2.05, 4.69) is 6.58 Å². The molecule has 5 heteroatoms. The SMILES string of the molecule is C=C(CS(=O)(=O)Cl)c1cccc(O)c1. The second kappa shape index (κ2) is 4.02. The summed E-state index contributed by atoms with van der Waals surface area (Å²) in [6, 6.07) is 6.19. The molecule has 0 aliphatic heterocycles. The number of hydrogen-bond acceptors (Lipinski definition) is 3. The number of halogens is 1. The summed E-state index contributed by atoms with van der Waals surface area (Å²) < 4.78 is 21.5. The molecule has 0 saturated carbocycles. The van der Waals surface area contributed by atoms with E-state index < -0.39 is 9.05 Å². The lowest BCUT2D eigenvalue weighted by Crippen LogP contribution is -1.99. The first-order valence-corrected chi connectivity index (χ1v) is 6.26. The van der Waals surface area contributed by atoms with E-state index in [4.69, 9.17) is 15.8 Å². The molecule has 1 N–H and O–H groups in total. The van der Waals surface area contributed by atoms with Crippen LogP contribution in [0.15, 0.2) is 30.8 Å². The third-order valence-corrected chi connectivity index (χ3v) is 2.62. The third-order valence-electron chi connectivity index (χ3n) is 1.60. The van der Waals surface area contributed by atoms with Crippen LogP contribution >= 0.6 is 10.7 Å².